The first kappa shape index (κ1) is 15.2. The van der Waals surface area contributed by atoms with Gasteiger partial charge in [-0.2, -0.15) is 0 Å². The van der Waals surface area contributed by atoms with Crippen LogP contribution in [0.15, 0.2) is 42.5 Å². The third kappa shape index (κ3) is 4.14. The van der Waals surface area contributed by atoms with Gasteiger partial charge in [0.05, 0.1) is 5.02 Å². The lowest BCUT2D eigenvalue weighted by molar-refractivity contribution is 0.302. The van der Waals surface area contributed by atoms with E-state index in [0.717, 1.165) is 17.5 Å². The number of para-hydroxylation sites is 1. The fourth-order valence-electron chi connectivity index (χ4n) is 2.01. The van der Waals surface area contributed by atoms with Gasteiger partial charge in [0.25, 0.3) is 0 Å². The van der Waals surface area contributed by atoms with Crippen LogP contribution >= 0.6 is 23.2 Å². The predicted molar refractivity (Wildman–Crippen MR) is 84.6 cm³/mol. The van der Waals surface area contributed by atoms with Crippen LogP contribution in [0, 0.1) is 0 Å². The van der Waals surface area contributed by atoms with Crippen molar-refractivity contribution in [2.45, 2.75) is 26.0 Å². The molecule has 2 aromatic rings. The van der Waals surface area contributed by atoms with Crippen LogP contribution in [0.5, 0.6) is 5.75 Å². The Morgan fingerprint density at radius 1 is 1.15 bits per heavy atom. The summed E-state index contributed by atoms with van der Waals surface area (Å²) in [7, 11) is 0. The number of benzene rings is 2. The highest BCUT2D eigenvalue weighted by Gasteiger charge is 2.10. The zero-order chi connectivity index (χ0) is 14.5. The Bertz CT molecular complexity index is 584. The fraction of sp³-hybridized carbons (Fsp3) is 0.250. The lowest BCUT2D eigenvalue weighted by Crippen LogP contribution is -2.18. The zero-order valence-electron chi connectivity index (χ0n) is 11.3. The van der Waals surface area contributed by atoms with Crippen LogP contribution in [0.4, 0.5) is 0 Å². The quantitative estimate of drug-likeness (QED) is 0.885. The molecule has 0 amide bonds. The number of hydrogen-bond acceptors (Lipinski definition) is 2. The van der Waals surface area contributed by atoms with Gasteiger partial charge < -0.3 is 10.5 Å². The van der Waals surface area contributed by atoms with Gasteiger partial charge in [-0.05, 0) is 42.7 Å². The molecule has 2 N–H and O–H groups in total. The van der Waals surface area contributed by atoms with Crippen molar-refractivity contribution in [2.24, 2.45) is 5.73 Å². The molecule has 0 aliphatic rings. The number of nitrogens with two attached hydrogens (primary N) is 1. The molecule has 0 aliphatic heterocycles. The van der Waals surface area contributed by atoms with Crippen molar-refractivity contribution in [3.8, 4) is 5.75 Å². The Balaban J connectivity index is 2.16. The summed E-state index contributed by atoms with van der Waals surface area (Å²) < 4.78 is 5.86. The molecule has 4 heteroatoms. The van der Waals surface area contributed by atoms with Crippen LogP contribution in [-0.4, -0.2) is 6.04 Å². The van der Waals surface area contributed by atoms with E-state index in [-0.39, 0.29) is 6.04 Å². The van der Waals surface area contributed by atoms with Gasteiger partial charge in [0.1, 0.15) is 12.4 Å². The van der Waals surface area contributed by atoms with E-state index in [2.05, 4.69) is 0 Å². The van der Waals surface area contributed by atoms with E-state index in [4.69, 9.17) is 33.7 Å². The maximum absolute atomic E-state index is 6.22. The van der Waals surface area contributed by atoms with Crippen LogP contribution in [0.1, 0.15) is 18.1 Å². The van der Waals surface area contributed by atoms with Gasteiger partial charge in [-0.3, -0.25) is 0 Å². The lowest BCUT2D eigenvalue weighted by atomic mass is 10.1. The monoisotopic (exact) mass is 309 g/mol. The molecule has 0 spiro atoms. The summed E-state index contributed by atoms with van der Waals surface area (Å²) >= 11 is 12.2. The summed E-state index contributed by atoms with van der Waals surface area (Å²) in [6.07, 6.45) is 0.728. The normalized spacial score (nSPS) is 12.2. The van der Waals surface area contributed by atoms with E-state index < -0.39 is 0 Å². The lowest BCUT2D eigenvalue weighted by Gasteiger charge is -2.14. The second kappa shape index (κ2) is 6.98. The van der Waals surface area contributed by atoms with Crippen LogP contribution in [-0.2, 0) is 13.0 Å². The number of halogens is 2. The zero-order valence-corrected chi connectivity index (χ0v) is 12.8. The van der Waals surface area contributed by atoms with Crippen molar-refractivity contribution in [2.75, 3.05) is 0 Å². The maximum atomic E-state index is 6.22. The molecule has 2 rings (SSSR count). The minimum Gasteiger partial charge on any atom is -0.487 e. The minimum absolute atomic E-state index is 0.0574. The summed E-state index contributed by atoms with van der Waals surface area (Å²) in [6.45, 7) is 2.39. The summed E-state index contributed by atoms with van der Waals surface area (Å²) in [4.78, 5) is 0. The molecule has 0 fully saturated rings. The fourth-order valence-corrected chi connectivity index (χ4v) is 2.47. The Labute approximate surface area is 129 Å². The van der Waals surface area contributed by atoms with E-state index in [1.165, 1.54) is 0 Å². The van der Waals surface area contributed by atoms with Gasteiger partial charge in [0.2, 0.25) is 0 Å². The standard InChI is InChI=1S/C16H17Cl2NO/c1-11(19)8-13-5-3-7-15(18)16(13)20-10-12-4-2-6-14(17)9-12/h2-7,9,11H,8,10,19H2,1H3. The van der Waals surface area contributed by atoms with E-state index in [0.29, 0.717) is 22.4 Å². The van der Waals surface area contributed by atoms with Crippen molar-refractivity contribution in [3.05, 3.63) is 63.6 Å². The number of rotatable bonds is 5. The molecule has 0 saturated heterocycles. The van der Waals surface area contributed by atoms with Crippen LogP contribution in [0.25, 0.3) is 0 Å². The van der Waals surface area contributed by atoms with Gasteiger partial charge >= 0.3 is 0 Å². The van der Waals surface area contributed by atoms with Crippen molar-refractivity contribution >= 4 is 23.2 Å². The van der Waals surface area contributed by atoms with Crippen LogP contribution in [0.2, 0.25) is 10.0 Å². The molecule has 0 bridgehead atoms. The molecule has 2 aromatic carbocycles. The summed E-state index contributed by atoms with van der Waals surface area (Å²) in [5.41, 5.74) is 7.88. The first-order valence-electron chi connectivity index (χ1n) is 6.46. The summed E-state index contributed by atoms with van der Waals surface area (Å²) in [5.74, 6) is 0.700. The number of ether oxygens (including phenoxy) is 1. The molecule has 2 nitrogen and oxygen atoms in total. The van der Waals surface area contributed by atoms with Crippen molar-refractivity contribution in [3.63, 3.8) is 0 Å². The Morgan fingerprint density at radius 3 is 2.60 bits per heavy atom. The van der Waals surface area contributed by atoms with E-state index in [9.17, 15) is 0 Å². The topological polar surface area (TPSA) is 35.2 Å². The van der Waals surface area contributed by atoms with Crippen LogP contribution < -0.4 is 10.5 Å². The van der Waals surface area contributed by atoms with Crippen molar-refractivity contribution in [1.29, 1.82) is 0 Å². The molecule has 0 radical (unpaired) electrons. The molecule has 106 valence electrons. The van der Waals surface area contributed by atoms with Gasteiger partial charge in [0, 0.05) is 11.1 Å². The van der Waals surface area contributed by atoms with Gasteiger partial charge in [0.15, 0.2) is 0 Å². The summed E-state index contributed by atoms with van der Waals surface area (Å²) in [5, 5.41) is 1.30. The largest absolute Gasteiger partial charge is 0.487 e. The first-order chi connectivity index (χ1) is 9.56. The highest BCUT2D eigenvalue weighted by molar-refractivity contribution is 6.32. The number of hydrogen-bond donors (Lipinski definition) is 1. The molecule has 20 heavy (non-hydrogen) atoms. The van der Waals surface area contributed by atoms with E-state index in [1.54, 1.807) is 0 Å². The molecular formula is C16H17Cl2NO. The maximum Gasteiger partial charge on any atom is 0.141 e. The third-order valence-electron chi connectivity index (χ3n) is 2.86. The molecule has 0 heterocycles. The highest BCUT2D eigenvalue weighted by Crippen LogP contribution is 2.30. The third-order valence-corrected chi connectivity index (χ3v) is 3.40. The molecule has 1 atom stereocenters. The molecular weight excluding hydrogens is 293 g/mol. The second-order valence-corrected chi connectivity index (χ2v) is 5.67. The van der Waals surface area contributed by atoms with E-state index in [1.807, 2.05) is 49.4 Å². The van der Waals surface area contributed by atoms with Gasteiger partial charge in [-0.1, -0.05) is 47.5 Å². The Hall–Kier alpha value is -1.22. The second-order valence-electron chi connectivity index (χ2n) is 4.83. The smallest absolute Gasteiger partial charge is 0.141 e. The molecule has 1 unspecified atom stereocenters. The molecule has 0 aliphatic carbocycles. The van der Waals surface area contributed by atoms with Gasteiger partial charge in [-0.15, -0.1) is 0 Å². The Morgan fingerprint density at radius 2 is 1.90 bits per heavy atom. The molecule has 0 saturated carbocycles. The van der Waals surface area contributed by atoms with Crippen molar-refractivity contribution < 1.29 is 4.74 Å². The highest BCUT2D eigenvalue weighted by atomic mass is 35.5. The van der Waals surface area contributed by atoms with E-state index >= 15 is 0 Å². The van der Waals surface area contributed by atoms with Crippen LogP contribution in [0.3, 0.4) is 0 Å². The average Bonchev–Trinajstić information content (AvgIpc) is 2.37. The van der Waals surface area contributed by atoms with Gasteiger partial charge in [-0.25, -0.2) is 0 Å². The SMILES string of the molecule is CC(N)Cc1cccc(Cl)c1OCc1cccc(Cl)c1. The average molecular weight is 310 g/mol. The first-order valence-corrected chi connectivity index (χ1v) is 7.22. The van der Waals surface area contributed by atoms with Crippen molar-refractivity contribution in [1.82, 2.24) is 0 Å². The molecule has 0 aromatic heterocycles. The Kier molecular flexibility index (Phi) is 5.30. The summed E-state index contributed by atoms with van der Waals surface area (Å²) in [6, 6.07) is 13.4. The predicted octanol–water partition coefficient (Wildman–Crippen LogP) is 4.46. The minimum atomic E-state index is 0.0574.